The largest absolute Gasteiger partial charge is 0.315 e. The van der Waals surface area contributed by atoms with Gasteiger partial charge in [-0.1, -0.05) is 27.7 Å². The molecule has 0 aromatic rings. The average molecular weight is 368 g/mol. The number of rotatable bonds is 6. The van der Waals surface area contributed by atoms with Gasteiger partial charge in [0, 0.05) is 32.7 Å². The van der Waals surface area contributed by atoms with Crippen molar-refractivity contribution in [2.45, 2.75) is 34.1 Å². The minimum absolute atomic E-state index is 0.261. The van der Waals surface area contributed by atoms with Gasteiger partial charge < -0.3 is 12.9 Å². The maximum atomic E-state index is 5.31. The number of halogens is 1. The average Bonchev–Trinajstić information content (AvgIpc) is 2.19. The summed E-state index contributed by atoms with van der Waals surface area (Å²) in [4.78, 5) is 5.03. The Morgan fingerprint density at radius 3 is 2.06 bits per heavy atom. The molecule has 1 rings (SSSR count). The Morgan fingerprint density at radius 2 is 1.56 bits per heavy atom. The Morgan fingerprint density at radius 1 is 1.00 bits per heavy atom. The van der Waals surface area contributed by atoms with Gasteiger partial charge in [0.25, 0.3) is 0 Å². The van der Waals surface area contributed by atoms with Crippen molar-refractivity contribution in [3.05, 3.63) is 0 Å². The molecule has 0 unspecified atom stereocenters. The molecule has 18 heavy (non-hydrogen) atoms. The second-order valence-corrected chi connectivity index (χ2v) is 7.96. The molecule has 0 saturated carbocycles. The summed E-state index contributed by atoms with van der Waals surface area (Å²) in [6, 6.07) is 0. The van der Waals surface area contributed by atoms with E-state index < -0.39 is 0 Å². The van der Waals surface area contributed by atoms with E-state index in [1.165, 1.54) is 39.1 Å². The predicted octanol–water partition coefficient (Wildman–Crippen LogP) is 3.04. The van der Waals surface area contributed by atoms with Crippen molar-refractivity contribution in [3.8, 4) is 0 Å². The highest BCUT2D eigenvalue weighted by Gasteiger charge is 2.31. The molecular formula is C14H29IN2O. The van der Waals surface area contributed by atoms with E-state index in [0.29, 0.717) is 5.41 Å². The quantitative estimate of drug-likeness (QED) is 0.671. The summed E-state index contributed by atoms with van der Waals surface area (Å²) in [5, 5.41) is 0. The zero-order chi connectivity index (χ0) is 13.8. The smallest absolute Gasteiger partial charge is 0.109 e. The van der Waals surface area contributed by atoms with E-state index in [-0.39, 0.29) is 5.41 Å². The molecular weight excluding hydrogens is 339 g/mol. The highest BCUT2D eigenvalue weighted by Crippen LogP contribution is 2.35. The van der Waals surface area contributed by atoms with Crippen LogP contribution in [0.2, 0.25) is 0 Å². The molecule has 0 N–H and O–H groups in total. The Kier molecular flexibility index (Phi) is 6.35. The number of piperazine rings is 1. The monoisotopic (exact) mass is 368 g/mol. The van der Waals surface area contributed by atoms with Crippen LogP contribution < -0.4 is 0 Å². The molecule has 3 nitrogen and oxygen atoms in total. The van der Waals surface area contributed by atoms with Crippen LogP contribution in [0, 0.1) is 10.8 Å². The van der Waals surface area contributed by atoms with E-state index in [2.05, 4.69) is 44.5 Å². The van der Waals surface area contributed by atoms with Gasteiger partial charge in [0.2, 0.25) is 0 Å². The first-order valence-corrected chi connectivity index (χ1v) is 7.77. The fourth-order valence-electron chi connectivity index (χ4n) is 3.16. The molecule has 0 bridgehead atoms. The van der Waals surface area contributed by atoms with Crippen molar-refractivity contribution < 1.29 is 3.07 Å². The van der Waals surface area contributed by atoms with Gasteiger partial charge in [-0.25, -0.2) is 0 Å². The lowest BCUT2D eigenvalue weighted by molar-refractivity contribution is 0.0732. The maximum Gasteiger partial charge on any atom is 0.109 e. The standard InChI is InChI=1S/C14H29IN2O/c1-13(2,10-14(3,4)12-18-15)11-17-8-6-16(5)7-9-17/h6-12H2,1-5H3. The molecule has 0 spiro atoms. The highest BCUT2D eigenvalue weighted by atomic mass is 127. The Hall–Kier alpha value is 0.610. The van der Waals surface area contributed by atoms with E-state index in [4.69, 9.17) is 3.07 Å². The normalized spacial score (nSPS) is 20.3. The molecule has 1 fully saturated rings. The third kappa shape index (κ3) is 6.17. The molecule has 0 radical (unpaired) electrons. The second-order valence-electron chi connectivity index (χ2n) is 7.34. The third-order valence-electron chi connectivity index (χ3n) is 3.65. The van der Waals surface area contributed by atoms with Gasteiger partial charge in [-0.15, -0.1) is 0 Å². The van der Waals surface area contributed by atoms with Crippen LogP contribution in [-0.2, 0) is 3.07 Å². The summed E-state index contributed by atoms with van der Waals surface area (Å²) in [5.74, 6) is 0. The van der Waals surface area contributed by atoms with Crippen molar-refractivity contribution in [3.63, 3.8) is 0 Å². The SMILES string of the molecule is CN1CCN(CC(C)(C)CC(C)(C)COI)CC1. The molecule has 0 aromatic carbocycles. The van der Waals surface area contributed by atoms with Gasteiger partial charge >= 0.3 is 0 Å². The molecule has 0 aliphatic carbocycles. The van der Waals surface area contributed by atoms with Gasteiger partial charge in [0.1, 0.15) is 23.0 Å². The van der Waals surface area contributed by atoms with Crippen molar-refractivity contribution in [2.24, 2.45) is 10.8 Å². The topological polar surface area (TPSA) is 15.7 Å². The zero-order valence-electron chi connectivity index (χ0n) is 12.6. The first-order chi connectivity index (χ1) is 8.24. The van der Waals surface area contributed by atoms with Crippen LogP contribution in [0.1, 0.15) is 34.1 Å². The molecule has 0 aromatic heterocycles. The third-order valence-corrected chi connectivity index (χ3v) is 3.96. The van der Waals surface area contributed by atoms with Gasteiger partial charge in [-0.2, -0.15) is 0 Å². The summed E-state index contributed by atoms with van der Waals surface area (Å²) in [6.45, 7) is 16.2. The summed E-state index contributed by atoms with van der Waals surface area (Å²) in [5.41, 5.74) is 0.617. The molecule has 108 valence electrons. The fraction of sp³-hybridized carbons (Fsp3) is 1.00. The van der Waals surface area contributed by atoms with Crippen molar-refractivity contribution in [1.82, 2.24) is 9.80 Å². The molecule has 0 amide bonds. The number of nitrogens with zero attached hydrogens (tertiary/aromatic N) is 2. The van der Waals surface area contributed by atoms with Crippen LogP contribution in [0.25, 0.3) is 0 Å². The fourth-order valence-corrected chi connectivity index (χ4v) is 4.00. The summed E-state index contributed by atoms with van der Waals surface area (Å²) >= 11 is 2.01. The van der Waals surface area contributed by atoms with Crippen molar-refractivity contribution in [1.29, 1.82) is 0 Å². The minimum atomic E-state index is 0.261. The number of hydrogen-bond donors (Lipinski definition) is 0. The Bertz CT molecular complexity index is 248. The van der Waals surface area contributed by atoms with E-state index in [1.807, 2.05) is 23.0 Å². The van der Waals surface area contributed by atoms with Gasteiger partial charge in [-0.3, -0.25) is 0 Å². The molecule has 4 heteroatoms. The number of hydrogen-bond acceptors (Lipinski definition) is 3. The van der Waals surface area contributed by atoms with E-state index in [0.717, 1.165) is 6.61 Å². The lowest BCUT2D eigenvalue weighted by atomic mass is 9.75. The van der Waals surface area contributed by atoms with Crippen LogP contribution in [0.3, 0.4) is 0 Å². The zero-order valence-corrected chi connectivity index (χ0v) is 14.8. The molecule has 1 aliphatic rings. The van der Waals surface area contributed by atoms with Crippen LogP contribution in [0.5, 0.6) is 0 Å². The first-order valence-electron chi connectivity index (χ1n) is 6.89. The molecule has 1 aliphatic heterocycles. The van der Waals surface area contributed by atoms with Crippen LogP contribution in [0.4, 0.5) is 0 Å². The molecule has 0 atom stereocenters. The lowest BCUT2D eigenvalue weighted by Crippen LogP contribution is -2.48. The minimum Gasteiger partial charge on any atom is -0.315 e. The second kappa shape index (κ2) is 6.86. The molecule has 1 heterocycles. The van der Waals surface area contributed by atoms with Crippen LogP contribution in [-0.4, -0.2) is 56.2 Å². The van der Waals surface area contributed by atoms with Crippen molar-refractivity contribution in [2.75, 3.05) is 46.4 Å². The first kappa shape index (κ1) is 16.7. The van der Waals surface area contributed by atoms with E-state index in [9.17, 15) is 0 Å². The lowest BCUT2D eigenvalue weighted by Gasteiger charge is -2.40. The van der Waals surface area contributed by atoms with Gasteiger partial charge in [0.15, 0.2) is 0 Å². The van der Waals surface area contributed by atoms with Crippen LogP contribution in [0.15, 0.2) is 0 Å². The summed E-state index contributed by atoms with van der Waals surface area (Å²) < 4.78 is 5.31. The highest BCUT2D eigenvalue weighted by molar-refractivity contribution is 14.1. The van der Waals surface area contributed by atoms with E-state index >= 15 is 0 Å². The van der Waals surface area contributed by atoms with Crippen molar-refractivity contribution >= 4 is 23.0 Å². The summed E-state index contributed by atoms with van der Waals surface area (Å²) in [7, 11) is 2.21. The number of likely N-dealkylation sites (N-methyl/N-ethyl adjacent to an activating group) is 1. The summed E-state index contributed by atoms with van der Waals surface area (Å²) in [6.07, 6.45) is 1.20. The maximum absolute atomic E-state index is 5.31. The van der Waals surface area contributed by atoms with Crippen LogP contribution >= 0.6 is 23.0 Å². The van der Waals surface area contributed by atoms with Gasteiger partial charge in [0.05, 0.1) is 6.61 Å². The Balaban J connectivity index is 2.43. The Labute approximate surface area is 127 Å². The van der Waals surface area contributed by atoms with Gasteiger partial charge in [-0.05, 0) is 24.3 Å². The predicted molar refractivity (Wildman–Crippen MR) is 86.1 cm³/mol. The molecule has 1 saturated heterocycles. The van der Waals surface area contributed by atoms with E-state index in [1.54, 1.807) is 0 Å².